The minimum absolute atomic E-state index is 0.161. The topological polar surface area (TPSA) is 89.3 Å². The Bertz CT molecular complexity index is 558. The lowest BCUT2D eigenvalue weighted by atomic mass is 10.1. The van der Waals surface area contributed by atoms with Crippen molar-refractivity contribution < 1.29 is 13.2 Å². The largest absolute Gasteiger partial charge is 0.366 e. The molecule has 1 rings (SSSR count). The Hall–Kier alpha value is -1.11. The van der Waals surface area contributed by atoms with Gasteiger partial charge in [-0.3, -0.25) is 4.79 Å². The van der Waals surface area contributed by atoms with E-state index in [1.165, 1.54) is 12.3 Å². The molecule has 1 aromatic carbocycles. The van der Waals surface area contributed by atoms with E-state index in [4.69, 9.17) is 17.3 Å². The summed E-state index contributed by atoms with van der Waals surface area (Å²) in [5.74, 6) is -0.358. The standard InChI is InChI=1S/C12H17ClN2O3S/c1-19(17,18)6-2-5-15-8-10-4-3-9(12(14)16)7-11(10)13/h3-4,7,15H,2,5-6,8H2,1H3,(H2,14,16). The van der Waals surface area contributed by atoms with E-state index in [0.29, 0.717) is 30.1 Å². The summed E-state index contributed by atoms with van der Waals surface area (Å²) in [5, 5.41) is 3.56. The molecule has 5 nitrogen and oxygen atoms in total. The normalized spacial score (nSPS) is 11.5. The van der Waals surface area contributed by atoms with Crippen LogP contribution in [0.2, 0.25) is 5.02 Å². The van der Waals surface area contributed by atoms with Gasteiger partial charge in [-0.1, -0.05) is 17.7 Å². The van der Waals surface area contributed by atoms with E-state index in [0.717, 1.165) is 5.56 Å². The van der Waals surface area contributed by atoms with Gasteiger partial charge in [-0.2, -0.15) is 0 Å². The van der Waals surface area contributed by atoms with Gasteiger partial charge in [0.25, 0.3) is 0 Å². The summed E-state index contributed by atoms with van der Waals surface area (Å²) < 4.78 is 21.9. The number of amides is 1. The predicted molar refractivity (Wildman–Crippen MR) is 76.0 cm³/mol. The van der Waals surface area contributed by atoms with Gasteiger partial charge >= 0.3 is 0 Å². The van der Waals surface area contributed by atoms with Crippen molar-refractivity contribution in [2.75, 3.05) is 18.6 Å². The van der Waals surface area contributed by atoms with Gasteiger partial charge in [0.1, 0.15) is 9.84 Å². The molecule has 106 valence electrons. The summed E-state index contributed by atoms with van der Waals surface area (Å²) in [5.41, 5.74) is 6.35. The zero-order chi connectivity index (χ0) is 14.5. The number of hydrogen-bond donors (Lipinski definition) is 2. The molecule has 0 unspecified atom stereocenters. The molecular formula is C12H17ClN2O3S. The summed E-state index contributed by atoms with van der Waals surface area (Å²) >= 11 is 6.02. The lowest BCUT2D eigenvalue weighted by molar-refractivity contribution is 0.100. The van der Waals surface area contributed by atoms with E-state index in [1.54, 1.807) is 12.1 Å². The van der Waals surface area contributed by atoms with E-state index in [-0.39, 0.29) is 5.75 Å². The molecule has 0 radical (unpaired) electrons. The van der Waals surface area contributed by atoms with Crippen LogP contribution in [0.15, 0.2) is 18.2 Å². The van der Waals surface area contributed by atoms with Crippen LogP contribution < -0.4 is 11.1 Å². The predicted octanol–water partition coefficient (Wildman–Crippen LogP) is 0.963. The van der Waals surface area contributed by atoms with E-state index in [9.17, 15) is 13.2 Å². The van der Waals surface area contributed by atoms with Crippen LogP contribution >= 0.6 is 11.6 Å². The molecule has 1 amide bonds. The molecule has 0 aliphatic carbocycles. The van der Waals surface area contributed by atoms with Crippen LogP contribution in [0.1, 0.15) is 22.3 Å². The molecular weight excluding hydrogens is 288 g/mol. The first-order chi connectivity index (χ1) is 8.79. The van der Waals surface area contributed by atoms with E-state index in [1.807, 2.05) is 0 Å². The third kappa shape index (κ3) is 6.04. The van der Waals surface area contributed by atoms with Gasteiger partial charge in [0.05, 0.1) is 5.75 Å². The number of sulfone groups is 1. The Morgan fingerprint density at radius 1 is 1.42 bits per heavy atom. The van der Waals surface area contributed by atoms with Gasteiger partial charge < -0.3 is 11.1 Å². The maximum Gasteiger partial charge on any atom is 0.248 e. The lowest BCUT2D eigenvalue weighted by Gasteiger charge is -2.07. The number of benzene rings is 1. The Morgan fingerprint density at radius 2 is 2.11 bits per heavy atom. The molecule has 1 aromatic rings. The molecule has 0 atom stereocenters. The molecule has 0 saturated carbocycles. The van der Waals surface area contributed by atoms with Crippen LogP contribution in [-0.2, 0) is 16.4 Å². The Morgan fingerprint density at radius 3 is 2.63 bits per heavy atom. The van der Waals surface area contributed by atoms with Crippen LogP contribution in [0.5, 0.6) is 0 Å². The fraction of sp³-hybridized carbons (Fsp3) is 0.417. The molecule has 0 aliphatic heterocycles. The van der Waals surface area contributed by atoms with E-state index in [2.05, 4.69) is 5.32 Å². The molecule has 0 fully saturated rings. The quantitative estimate of drug-likeness (QED) is 0.734. The summed E-state index contributed by atoms with van der Waals surface area (Å²) in [6, 6.07) is 4.87. The fourth-order valence-electron chi connectivity index (χ4n) is 1.53. The number of rotatable bonds is 7. The third-order valence-electron chi connectivity index (χ3n) is 2.52. The van der Waals surface area contributed by atoms with Crippen molar-refractivity contribution in [3.05, 3.63) is 34.3 Å². The summed E-state index contributed by atoms with van der Waals surface area (Å²) in [6.07, 6.45) is 1.77. The van der Waals surface area contributed by atoms with Crippen molar-refractivity contribution in [2.24, 2.45) is 5.73 Å². The second-order valence-corrected chi connectivity index (χ2v) is 7.00. The molecule has 0 aromatic heterocycles. The Labute approximate surface area is 118 Å². The number of nitrogens with one attached hydrogen (secondary N) is 1. The zero-order valence-corrected chi connectivity index (χ0v) is 12.2. The zero-order valence-electron chi connectivity index (χ0n) is 10.6. The highest BCUT2D eigenvalue weighted by atomic mass is 35.5. The van der Waals surface area contributed by atoms with Crippen molar-refractivity contribution in [3.63, 3.8) is 0 Å². The number of carbonyl (C=O) groups excluding carboxylic acids is 1. The maximum atomic E-state index is 10.9. The number of halogens is 1. The Balaban J connectivity index is 2.44. The number of hydrogen-bond acceptors (Lipinski definition) is 4. The van der Waals surface area contributed by atoms with Gasteiger partial charge in [-0.15, -0.1) is 0 Å². The third-order valence-corrected chi connectivity index (χ3v) is 3.90. The van der Waals surface area contributed by atoms with Crippen molar-refractivity contribution in [1.82, 2.24) is 5.32 Å². The lowest BCUT2D eigenvalue weighted by Crippen LogP contribution is -2.18. The van der Waals surface area contributed by atoms with E-state index < -0.39 is 15.7 Å². The summed E-state index contributed by atoms with van der Waals surface area (Å²) in [6.45, 7) is 1.10. The molecule has 0 bridgehead atoms. The van der Waals surface area contributed by atoms with Crippen molar-refractivity contribution in [1.29, 1.82) is 0 Å². The highest BCUT2D eigenvalue weighted by molar-refractivity contribution is 7.90. The van der Waals surface area contributed by atoms with Gasteiger partial charge in [0, 0.05) is 23.4 Å². The second-order valence-electron chi connectivity index (χ2n) is 4.33. The molecule has 19 heavy (non-hydrogen) atoms. The molecule has 7 heteroatoms. The Kier molecular flexibility index (Phi) is 5.78. The number of carbonyl (C=O) groups is 1. The minimum atomic E-state index is -2.91. The first-order valence-electron chi connectivity index (χ1n) is 5.76. The molecule has 0 aliphatic rings. The SMILES string of the molecule is CS(=O)(=O)CCCNCc1ccc(C(N)=O)cc1Cl. The van der Waals surface area contributed by atoms with Crippen LogP contribution in [0.25, 0.3) is 0 Å². The van der Waals surface area contributed by atoms with Crippen LogP contribution in [0.4, 0.5) is 0 Å². The highest BCUT2D eigenvalue weighted by Crippen LogP contribution is 2.17. The van der Waals surface area contributed by atoms with Crippen molar-refractivity contribution in [3.8, 4) is 0 Å². The fourth-order valence-corrected chi connectivity index (χ4v) is 2.44. The van der Waals surface area contributed by atoms with Crippen LogP contribution in [0, 0.1) is 0 Å². The second kappa shape index (κ2) is 6.88. The smallest absolute Gasteiger partial charge is 0.248 e. The maximum absolute atomic E-state index is 10.9. The van der Waals surface area contributed by atoms with Gasteiger partial charge in [0.2, 0.25) is 5.91 Å². The molecule has 3 N–H and O–H groups in total. The molecule has 0 spiro atoms. The van der Waals surface area contributed by atoms with E-state index >= 15 is 0 Å². The van der Waals surface area contributed by atoms with Gasteiger partial charge in [-0.25, -0.2) is 8.42 Å². The van der Waals surface area contributed by atoms with Gasteiger partial charge in [-0.05, 0) is 30.7 Å². The van der Waals surface area contributed by atoms with Crippen LogP contribution in [0.3, 0.4) is 0 Å². The summed E-state index contributed by atoms with van der Waals surface area (Å²) in [7, 11) is -2.91. The number of primary amides is 1. The van der Waals surface area contributed by atoms with Crippen molar-refractivity contribution >= 4 is 27.3 Å². The first kappa shape index (κ1) is 15.9. The average molecular weight is 305 g/mol. The van der Waals surface area contributed by atoms with Crippen molar-refractivity contribution in [2.45, 2.75) is 13.0 Å². The minimum Gasteiger partial charge on any atom is -0.366 e. The summed E-state index contributed by atoms with van der Waals surface area (Å²) in [4.78, 5) is 10.9. The molecule has 0 saturated heterocycles. The van der Waals surface area contributed by atoms with Crippen LogP contribution in [-0.4, -0.2) is 32.9 Å². The number of nitrogens with two attached hydrogens (primary N) is 1. The average Bonchev–Trinajstić information content (AvgIpc) is 2.28. The van der Waals surface area contributed by atoms with Gasteiger partial charge in [0.15, 0.2) is 0 Å². The first-order valence-corrected chi connectivity index (χ1v) is 8.20. The molecule has 0 heterocycles. The highest BCUT2D eigenvalue weighted by Gasteiger charge is 2.06. The monoisotopic (exact) mass is 304 g/mol.